The Morgan fingerprint density at radius 1 is 1.19 bits per heavy atom. The third-order valence-corrected chi connectivity index (χ3v) is 4.88. The van der Waals surface area contributed by atoms with Gasteiger partial charge in [0.2, 0.25) is 0 Å². The molecule has 3 rings (SSSR count). The number of nitrogens with one attached hydrogen (secondary N) is 1. The highest BCUT2D eigenvalue weighted by Gasteiger charge is 2.31. The van der Waals surface area contributed by atoms with Crippen molar-refractivity contribution in [3.8, 4) is 11.5 Å². The minimum atomic E-state index is -4.45. The molecule has 1 fully saturated rings. The van der Waals surface area contributed by atoms with Crippen molar-refractivity contribution in [1.82, 2.24) is 10.3 Å². The molecule has 1 aromatic carbocycles. The predicted octanol–water partition coefficient (Wildman–Crippen LogP) is 4.11. The summed E-state index contributed by atoms with van der Waals surface area (Å²) in [6.07, 6.45) is -2.65. The molecule has 1 aliphatic heterocycles. The lowest BCUT2D eigenvalue weighted by atomic mass is 10.0. The highest BCUT2D eigenvalue weighted by Crippen LogP contribution is 2.33. The van der Waals surface area contributed by atoms with Crippen molar-refractivity contribution in [2.24, 2.45) is 0 Å². The van der Waals surface area contributed by atoms with Crippen LogP contribution < -0.4 is 19.7 Å². The van der Waals surface area contributed by atoms with Crippen molar-refractivity contribution in [3.05, 3.63) is 47.7 Å². The Morgan fingerprint density at radius 2 is 1.90 bits per heavy atom. The number of methoxy groups -OCH3 is 1. The van der Waals surface area contributed by atoms with Crippen LogP contribution in [0.2, 0.25) is 0 Å². The molecule has 1 aromatic heterocycles. The summed E-state index contributed by atoms with van der Waals surface area (Å²) in [6.45, 7) is -2.20. The summed E-state index contributed by atoms with van der Waals surface area (Å²) in [5.74, 6) is -0.501. The molecule has 2 heterocycles. The SMILES string of the molecule is COc1cccc(C(=O)NC2CCN(c3ccc(C(F)(F)F)cn3)CC2)c1OC(F)F. The molecule has 1 aliphatic rings. The lowest BCUT2D eigenvalue weighted by molar-refractivity contribution is -0.137. The highest BCUT2D eigenvalue weighted by atomic mass is 19.4. The zero-order valence-corrected chi connectivity index (χ0v) is 16.5. The molecule has 1 amide bonds. The predicted molar refractivity (Wildman–Crippen MR) is 102 cm³/mol. The van der Waals surface area contributed by atoms with Gasteiger partial charge in [0.25, 0.3) is 5.91 Å². The number of para-hydroxylation sites is 1. The number of hydrogen-bond acceptors (Lipinski definition) is 5. The number of benzene rings is 1. The minimum Gasteiger partial charge on any atom is -0.493 e. The second-order valence-corrected chi connectivity index (χ2v) is 6.85. The lowest BCUT2D eigenvalue weighted by Gasteiger charge is -2.33. The van der Waals surface area contributed by atoms with E-state index in [9.17, 15) is 26.7 Å². The number of hydrogen-bond donors (Lipinski definition) is 1. The number of carbonyl (C=O) groups excluding carboxylic acids is 1. The van der Waals surface area contributed by atoms with Gasteiger partial charge < -0.3 is 19.7 Å². The van der Waals surface area contributed by atoms with Crippen LogP contribution in [0, 0.1) is 0 Å². The number of amides is 1. The van der Waals surface area contributed by atoms with Gasteiger partial charge in [-0.1, -0.05) is 6.07 Å². The van der Waals surface area contributed by atoms with Crippen molar-refractivity contribution < 1.29 is 36.2 Å². The maximum atomic E-state index is 12.8. The summed E-state index contributed by atoms with van der Waals surface area (Å²) in [6, 6.07) is 6.30. The van der Waals surface area contributed by atoms with Gasteiger partial charge in [-0.3, -0.25) is 4.79 Å². The number of carbonyl (C=O) groups is 1. The summed E-state index contributed by atoms with van der Waals surface area (Å²) in [5, 5.41) is 2.79. The number of nitrogens with zero attached hydrogens (tertiary/aromatic N) is 2. The van der Waals surface area contributed by atoms with E-state index in [1.165, 1.54) is 31.4 Å². The Bertz CT molecular complexity index is 898. The highest BCUT2D eigenvalue weighted by molar-refractivity contribution is 5.98. The zero-order chi connectivity index (χ0) is 22.6. The molecular formula is C20H20F5N3O3. The fraction of sp³-hybridized carbons (Fsp3) is 0.400. The maximum absolute atomic E-state index is 12.8. The van der Waals surface area contributed by atoms with Gasteiger partial charge >= 0.3 is 12.8 Å². The number of anilines is 1. The number of rotatable bonds is 6. The van der Waals surface area contributed by atoms with E-state index < -0.39 is 24.3 Å². The van der Waals surface area contributed by atoms with Crippen molar-refractivity contribution in [2.75, 3.05) is 25.1 Å². The Hall–Kier alpha value is -3.11. The molecule has 0 aliphatic carbocycles. The Balaban J connectivity index is 1.62. The molecule has 168 valence electrons. The molecule has 11 heteroatoms. The first kappa shape index (κ1) is 22.6. The van der Waals surface area contributed by atoms with Gasteiger partial charge in [0.05, 0.1) is 18.2 Å². The number of pyridine rings is 1. The van der Waals surface area contributed by atoms with Gasteiger partial charge in [-0.15, -0.1) is 0 Å². The van der Waals surface area contributed by atoms with Gasteiger partial charge in [-0.05, 0) is 37.1 Å². The largest absolute Gasteiger partial charge is 0.493 e. The molecule has 0 radical (unpaired) electrons. The topological polar surface area (TPSA) is 63.7 Å². The van der Waals surface area contributed by atoms with E-state index in [0.717, 1.165) is 12.3 Å². The summed E-state index contributed by atoms with van der Waals surface area (Å²) in [5.41, 5.74) is -0.898. The molecule has 0 bridgehead atoms. The van der Waals surface area contributed by atoms with E-state index >= 15 is 0 Å². The fourth-order valence-electron chi connectivity index (χ4n) is 3.32. The Labute approximate surface area is 175 Å². The summed E-state index contributed by atoms with van der Waals surface area (Å²) in [7, 11) is 1.28. The van der Waals surface area contributed by atoms with E-state index in [2.05, 4.69) is 15.0 Å². The third kappa shape index (κ3) is 5.53. The Morgan fingerprint density at radius 3 is 2.45 bits per heavy atom. The van der Waals surface area contributed by atoms with Crippen LogP contribution in [0.25, 0.3) is 0 Å². The molecule has 2 aromatic rings. The average Bonchev–Trinajstić information content (AvgIpc) is 2.73. The van der Waals surface area contributed by atoms with Crippen molar-refractivity contribution in [3.63, 3.8) is 0 Å². The van der Waals surface area contributed by atoms with Crippen molar-refractivity contribution in [2.45, 2.75) is 31.7 Å². The molecular weight excluding hydrogens is 425 g/mol. The van der Waals surface area contributed by atoms with Crippen LogP contribution in [-0.4, -0.2) is 43.7 Å². The van der Waals surface area contributed by atoms with Crippen LogP contribution in [-0.2, 0) is 6.18 Å². The average molecular weight is 445 g/mol. The van der Waals surface area contributed by atoms with Gasteiger partial charge in [-0.25, -0.2) is 4.98 Å². The standard InChI is InChI=1S/C20H20F5N3O3/c1-30-15-4-2-3-14(17(15)31-19(21)22)18(29)27-13-7-9-28(10-8-13)16-6-5-12(11-26-16)20(23,24)25/h2-6,11,13,19H,7-10H2,1H3,(H,27,29). The Kier molecular flexibility index (Phi) is 6.81. The molecule has 0 saturated carbocycles. The second-order valence-electron chi connectivity index (χ2n) is 6.85. The van der Waals surface area contributed by atoms with Crippen LogP contribution in [0.4, 0.5) is 27.8 Å². The van der Waals surface area contributed by atoms with Crippen LogP contribution in [0.15, 0.2) is 36.5 Å². The molecule has 0 unspecified atom stereocenters. The van der Waals surface area contributed by atoms with Crippen LogP contribution in [0.1, 0.15) is 28.8 Å². The molecule has 1 N–H and O–H groups in total. The summed E-state index contributed by atoms with van der Waals surface area (Å²) in [4.78, 5) is 18.3. The van der Waals surface area contributed by atoms with Gasteiger partial charge in [-0.2, -0.15) is 22.0 Å². The monoisotopic (exact) mass is 445 g/mol. The number of aromatic nitrogens is 1. The van der Waals surface area contributed by atoms with Gasteiger partial charge in [0, 0.05) is 25.3 Å². The van der Waals surface area contributed by atoms with Crippen LogP contribution in [0.5, 0.6) is 11.5 Å². The first-order valence-electron chi connectivity index (χ1n) is 9.40. The molecule has 1 saturated heterocycles. The fourth-order valence-corrected chi connectivity index (χ4v) is 3.32. The quantitative estimate of drug-likeness (QED) is 0.679. The third-order valence-electron chi connectivity index (χ3n) is 4.88. The number of ether oxygens (including phenoxy) is 2. The number of piperidine rings is 1. The van der Waals surface area contributed by atoms with Crippen LogP contribution >= 0.6 is 0 Å². The molecule has 0 atom stereocenters. The number of alkyl halides is 5. The minimum absolute atomic E-state index is 0.0103. The van der Waals surface area contributed by atoms with Crippen LogP contribution in [0.3, 0.4) is 0 Å². The zero-order valence-electron chi connectivity index (χ0n) is 16.5. The normalized spacial score (nSPS) is 15.1. The van der Waals surface area contributed by atoms with E-state index in [-0.39, 0.29) is 23.1 Å². The van der Waals surface area contributed by atoms with Crippen molar-refractivity contribution >= 4 is 11.7 Å². The molecule has 31 heavy (non-hydrogen) atoms. The molecule has 6 nitrogen and oxygen atoms in total. The second kappa shape index (κ2) is 9.36. The van der Waals surface area contributed by atoms with Gasteiger partial charge in [0.1, 0.15) is 5.82 Å². The van der Waals surface area contributed by atoms with Crippen molar-refractivity contribution in [1.29, 1.82) is 0 Å². The van der Waals surface area contributed by atoms with E-state index in [0.29, 0.717) is 31.7 Å². The molecule has 0 spiro atoms. The van der Waals surface area contributed by atoms with E-state index in [1.54, 1.807) is 0 Å². The smallest absolute Gasteiger partial charge is 0.417 e. The lowest BCUT2D eigenvalue weighted by Crippen LogP contribution is -2.45. The number of halogens is 5. The van der Waals surface area contributed by atoms with E-state index in [4.69, 9.17) is 4.74 Å². The first-order chi connectivity index (χ1) is 14.7. The van der Waals surface area contributed by atoms with Gasteiger partial charge in [0.15, 0.2) is 11.5 Å². The van der Waals surface area contributed by atoms with E-state index in [1.807, 2.05) is 4.90 Å². The first-order valence-corrected chi connectivity index (χ1v) is 9.40. The summed E-state index contributed by atoms with van der Waals surface area (Å²) < 4.78 is 73.0. The maximum Gasteiger partial charge on any atom is 0.417 e. The summed E-state index contributed by atoms with van der Waals surface area (Å²) >= 11 is 0.